The Kier molecular flexibility index (Phi) is 7.54. The highest BCUT2D eigenvalue weighted by Crippen LogP contribution is 2.31. The van der Waals surface area contributed by atoms with Gasteiger partial charge in [0.25, 0.3) is 0 Å². The minimum atomic E-state index is -0.0240. The quantitative estimate of drug-likeness (QED) is 0.577. The van der Waals surface area contributed by atoms with Gasteiger partial charge >= 0.3 is 0 Å². The first-order valence-electron chi connectivity index (χ1n) is 10.2. The number of hydrogen-bond donors (Lipinski definition) is 2. The highest BCUT2D eigenvalue weighted by Gasteiger charge is 2.22. The van der Waals surface area contributed by atoms with Crippen LogP contribution in [-0.2, 0) is 9.53 Å². The van der Waals surface area contributed by atoms with Gasteiger partial charge in [-0.2, -0.15) is 0 Å². The van der Waals surface area contributed by atoms with Crippen LogP contribution in [0.4, 0.5) is 0 Å². The van der Waals surface area contributed by atoms with E-state index in [4.69, 9.17) is 9.47 Å². The summed E-state index contributed by atoms with van der Waals surface area (Å²) in [5.41, 5.74) is 1.12. The first kappa shape index (κ1) is 20.5. The van der Waals surface area contributed by atoms with Crippen LogP contribution < -0.4 is 15.4 Å². The average Bonchev–Trinajstić information content (AvgIpc) is 2.72. The normalized spacial score (nSPS) is 22.0. The summed E-state index contributed by atoms with van der Waals surface area (Å²) in [6.45, 7) is 2.40. The van der Waals surface area contributed by atoms with Gasteiger partial charge in [0.05, 0.1) is 18.8 Å². The summed E-state index contributed by atoms with van der Waals surface area (Å²) in [6, 6.07) is 8.17. The zero-order chi connectivity index (χ0) is 19.8. The van der Waals surface area contributed by atoms with Crippen LogP contribution >= 0.6 is 0 Å². The molecule has 2 atom stereocenters. The average molecular weight is 389 g/mol. The van der Waals surface area contributed by atoms with Crippen LogP contribution in [0, 0.1) is 0 Å². The number of fused-ring (bicyclic) bond motifs is 1. The van der Waals surface area contributed by atoms with E-state index in [-0.39, 0.29) is 18.5 Å². The molecule has 1 saturated heterocycles. The maximum absolute atomic E-state index is 12.0. The van der Waals surface area contributed by atoms with E-state index >= 15 is 0 Å². The van der Waals surface area contributed by atoms with Gasteiger partial charge in [-0.05, 0) is 31.7 Å². The van der Waals surface area contributed by atoms with E-state index in [9.17, 15) is 4.79 Å². The number of nitrogens with zero attached hydrogens (tertiary/aromatic N) is 2. The van der Waals surface area contributed by atoms with E-state index in [1.807, 2.05) is 18.2 Å². The van der Waals surface area contributed by atoms with Gasteiger partial charge in [0.1, 0.15) is 12.3 Å². The van der Waals surface area contributed by atoms with E-state index in [0.717, 1.165) is 50.1 Å². The summed E-state index contributed by atoms with van der Waals surface area (Å²) in [7, 11) is 3.49. The lowest BCUT2D eigenvalue weighted by Gasteiger charge is -2.28. The minimum Gasteiger partial charge on any atom is -0.493 e. The second-order valence-corrected chi connectivity index (χ2v) is 7.53. The highest BCUT2D eigenvalue weighted by molar-refractivity contribution is 5.85. The molecule has 2 N–H and O–H groups in total. The molecule has 0 aliphatic carbocycles. The maximum Gasteiger partial charge on any atom is 0.243 e. The number of aliphatic imine (C=N–C) groups is 1. The Morgan fingerprint density at radius 1 is 1.21 bits per heavy atom. The van der Waals surface area contributed by atoms with E-state index in [1.54, 1.807) is 19.0 Å². The van der Waals surface area contributed by atoms with Crippen molar-refractivity contribution < 1.29 is 14.3 Å². The molecule has 0 saturated carbocycles. The van der Waals surface area contributed by atoms with E-state index in [1.165, 1.54) is 6.42 Å². The van der Waals surface area contributed by atoms with Crippen molar-refractivity contribution in [1.29, 1.82) is 0 Å². The van der Waals surface area contributed by atoms with E-state index in [2.05, 4.69) is 21.7 Å². The fraction of sp³-hybridized carbons (Fsp3) is 0.619. The molecule has 7 heteroatoms. The fourth-order valence-corrected chi connectivity index (χ4v) is 3.48. The number of likely N-dealkylation sites (N-methyl/N-ethyl adjacent to an activating group) is 1. The van der Waals surface area contributed by atoms with Gasteiger partial charge in [-0.15, -0.1) is 0 Å². The van der Waals surface area contributed by atoms with Crippen LogP contribution in [0.5, 0.6) is 5.75 Å². The summed E-state index contributed by atoms with van der Waals surface area (Å²) in [5, 5.41) is 6.88. The number of para-hydroxylation sites is 1. The third-order valence-corrected chi connectivity index (χ3v) is 5.17. The number of carbonyl (C=O) groups excluding carboxylic acids is 1. The zero-order valence-corrected chi connectivity index (χ0v) is 16.9. The summed E-state index contributed by atoms with van der Waals surface area (Å²) >= 11 is 0. The van der Waals surface area contributed by atoms with Crippen LogP contribution in [-0.4, -0.2) is 63.3 Å². The number of nitrogens with one attached hydrogen (secondary N) is 2. The Bertz CT molecular complexity index is 671. The summed E-state index contributed by atoms with van der Waals surface area (Å²) < 4.78 is 11.6. The van der Waals surface area contributed by atoms with Crippen molar-refractivity contribution in [3.63, 3.8) is 0 Å². The molecule has 1 fully saturated rings. The van der Waals surface area contributed by atoms with Crippen molar-refractivity contribution >= 4 is 11.9 Å². The van der Waals surface area contributed by atoms with Crippen LogP contribution in [0.1, 0.15) is 43.7 Å². The first-order chi connectivity index (χ1) is 13.6. The van der Waals surface area contributed by atoms with Crippen LogP contribution in [0.3, 0.4) is 0 Å². The number of benzene rings is 1. The largest absolute Gasteiger partial charge is 0.493 e. The van der Waals surface area contributed by atoms with Crippen LogP contribution in [0.2, 0.25) is 0 Å². The molecular formula is C21H32N4O3. The molecule has 1 amide bonds. The van der Waals surface area contributed by atoms with E-state index in [0.29, 0.717) is 18.7 Å². The van der Waals surface area contributed by atoms with Crippen molar-refractivity contribution in [2.24, 2.45) is 4.99 Å². The molecule has 7 nitrogen and oxygen atoms in total. The van der Waals surface area contributed by atoms with Gasteiger partial charge in [-0.3, -0.25) is 4.79 Å². The molecule has 3 rings (SSSR count). The van der Waals surface area contributed by atoms with Gasteiger partial charge < -0.3 is 25.0 Å². The van der Waals surface area contributed by atoms with Gasteiger partial charge in [0.2, 0.25) is 5.91 Å². The second-order valence-electron chi connectivity index (χ2n) is 7.53. The summed E-state index contributed by atoms with van der Waals surface area (Å²) in [4.78, 5) is 18.1. The number of amides is 1. The van der Waals surface area contributed by atoms with Gasteiger partial charge in [-0.1, -0.05) is 18.2 Å². The molecular weight excluding hydrogens is 356 g/mol. The highest BCUT2D eigenvalue weighted by atomic mass is 16.5. The number of rotatable bonds is 6. The van der Waals surface area contributed by atoms with Gasteiger partial charge in [-0.25, -0.2) is 4.99 Å². The fourth-order valence-electron chi connectivity index (χ4n) is 3.48. The van der Waals surface area contributed by atoms with Crippen molar-refractivity contribution in [3.05, 3.63) is 29.8 Å². The third-order valence-electron chi connectivity index (χ3n) is 5.17. The predicted octanol–water partition coefficient (Wildman–Crippen LogP) is 2.09. The summed E-state index contributed by atoms with van der Waals surface area (Å²) in [5.74, 6) is 1.54. The molecule has 2 unspecified atom stereocenters. The molecule has 1 aromatic carbocycles. The second kappa shape index (κ2) is 10.3. The number of hydrogen-bond acceptors (Lipinski definition) is 4. The lowest BCUT2D eigenvalue weighted by Crippen LogP contribution is -2.43. The third kappa shape index (κ3) is 5.86. The van der Waals surface area contributed by atoms with Crippen molar-refractivity contribution in [3.8, 4) is 5.75 Å². The maximum atomic E-state index is 12.0. The molecule has 0 aromatic heterocycles. The SMILES string of the molecule is CN(C)C(=O)CN=C(NCCC1CCCCO1)NC1CCOc2ccccc21. The van der Waals surface area contributed by atoms with Crippen LogP contribution in [0.25, 0.3) is 0 Å². The Balaban J connectivity index is 1.62. The molecule has 0 spiro atoms. The number of guanidine groups is 1. The number of carbonyl (C=O) groups is 1. The Labute approximate surface area is 167 Å². The Morgan fingerprint density at radius 3 is 2.86 bits per heavy atom. The van der Waals surface area contributed by atoms with Crippen molar-refractivity contribution in [2.45, 2.75) is 44.2 Å². The molecule has 28 heavy (non-hydrogen) atoms. The summed E-state index contributed by atoms with van der Waals surface area (Å²) in [6.07, 6.45) is 5.62. The lowest BCUT2D eigenvalue weighted by molar-refractivity contribution is -0.127. The van der Waals surface area contributed by atoms with Crippen molar-refractivity contribution in [2.75, 3.05) is 40.4 Å². The smallest absolute Gasteiger partial charge is 0.243 e. The minimum absolute atomic E-state index is 0.0240. The number of ether oxygens (including phenoxy) is 2. The topological polar surface area (TPSA) is 75.2 Å². The molecule has 0 radical (unpaired) electrons. The molecule has 2 aliphatic heterocycles. The Morgan fingerprint density at radius 2 is 2.07 bits per heavy atom. The molecule has 154 valence electrons. The van der Waals surface area contributed by atoms with Gasteiger partial charge in [0.15, 0.2) is 5.96 Å². The zero-order valence-electron chi connectivity index (χ0n) is 16.9. The van der Waals surface area contributed by atoms with E-state index < -0.39 is 0 Å². The molecule has 2 aliphatic rings. The molecule has 2 heterocycles. The monoisotopic (exact) mass is 388 g/mol. The first-order valence-corrected chi connectivity index (χ1v) is 10.2. The molecule has 0 bridgehead atoms. The van der Waals surface area contributed by atoms with Gasteiger partial charge in [0, 0.05) is 39.2 Å². The van der Waals surface area contributed by atoms with Crippen LogP contribution in [0.15, 0.2) is 29.3 Å². The predicted molar refractivity (Wildman–Crippen MR) is 110 cm³/mol. The van der Waals surface area contributed by atoms with Crippen molar-refractivity contribution in [1.82, 2.24) is 15.5 Å². The lowest BCUT2D eigenvalue weighted by atomic mass is 10.0. The standard InChI is InChI=1S/C21H32N4O3/c1-25(2)20(26)15-23-21(22-12-10-16-7-5-6-13-27-16)24-18-11-14-28-19-9-4-3-8-17(18)19/h3-4,8-9,16,18H,5-7,10-15H2,1-2H3,(H2,22,23,24). The molecule has 1 aromatic rings. The Hall–Kier alpha value is -2.28.